The van der Waals surface area contributed by atoms with Gasteiger partial charge in [-0.25, -0.2) is 14.4 Å². The standard InChI is InChI=1S/C17H14ClFN2/c1-9-6-11(3)15-13(7-9)16(18)21-17(20-15)12-5-4-10(2)14(19)8-12/h4-8H,1-3H3. The number of aryl methyl sites for hydroxylation is 3. The van der Waals surface area contributed by atoms with Crippen LogP contribution in [0.1, 0.15) is 16.7 Å². The zero-order valence-corrected chi connectivity index (χ0v) is 12.8. The summed E-state index contributed by atoms with van der Waals surface area (Å²) < 4.78 is 13.7. The lowest BCUT2D eigenvalue weighted by Gasteiger charge is -2.08. The fourth-order valence-electron chi connectivity index (χ4n) is 2.41. The van der Waals surface area contributed by atoms with E-state index < -0.39 is 0 Å². The van der Waals surface area contributed by atoms with Crippen molar-refractivity contribution in [2.24, 2.45) is 0 Å². The van der Waals surface area contributed by atoms with Gasteiger partial charge in [-0.15, -0.1) is 0 Å². The number of hydrogen-bond acceptors (Lipinski definition) is 2. The second-order valence-electron chi connectivity index (χ2n) is 5.28. The van der Waals surface area contributed by atoms with E-state index in [-0.39, 0.29) is 5.82 Å². The Morgan fingerprint density at radius 1 is 0.952 bits per heavy atom. The van der Waals surface area contributed by atoms with Crippen molar-refractivity contribution < 1.29 is 4.39 Å². The minimum absolute atomic E-state index is 0.270. The van der Waals surface area contributed by atoms with Gasteiger partial charge in [-0.05, 0) is 44.0 Å². The fraction of sp³-hybridized carbons (Fsp3) is 0.176. The molecule has 0 spiro atoms. The molecule has 0 atom stereocenters. The Kier molecular flexibility index (Phi) is 3.38. The molecule has 106 valence electrons. The number of hydrogen-bond donors (Lipinski definition) is 0. The maximum absolute atomic E-state index is 13.7. The van der Waals surface area contributed by atoms with Crippen LogP contribution in [0.4, 0.5) is 4.39 Å². The Morgan fingerprint density at radius 2 is 1.71 bits per heavy atom. The summed E-state index contributed by atoms with van der Waals surface area (Å²) in [5, 5.41) is 1.22. The summed E-state index contributed by atoms with van der Waals surface area (Å²) in [6.45, 7) is 5.71. The van der Waals surface area contributed by atoms with Gasteiger partial charge in [0.1, 0.15) is 11.0 Å². The molecule has 2 aromatic carbocycles. The highest BCUT2D eigenvalue weighted by molar-refractivity contribution is 6.34. The van der Waals surface area contributed by atoms with Gasteiger partial charge >= 0.3 is 0 Å². The molecule has 0 saturated carbocycles. The molecule has 21 heavy (non-hydrogen) atoms. The summed E-state index contributed by atoms with van der Waals surface area (Å²) in [6.07, 6.45) is 0. The van der Waals surface area contributed by atoms with Crippen molar-refractivity contribution in [3.8, 4) is 11.4 Å². The van der Waals surface area contributed by atoms with E-state index in [1.54, 1.807) is 19.1 Å². The molecule has 0 radical (unpaired) electrons. The van der Waals surface area contributed by atoms with E-state index in [1.165, 1.54) is 6.07 Å². The molecule has 0 fully saturated rings. The van der Waals surface area contributed by atoms with E-state index >= 15 is 0 Å². The minimum Gasteiger partial charge on any atom is -0.228 e. The molecule has 3 rings (SSSR count). The van der Waals surface area contributed by atoms with E-state index in [0.29, 0.717) is 22.1 Å². The Balaban J connectivity index is 2.27. The van der Waals surface area contributed by atoms with E-state index in [0.717, 1.165) is 22.0 Å². The van der Waals surface area contributed by atoms with Gasteiger partial charge in [0.15, 0.2) is 5.82 Å². The maximum Gasteiger partial charge on any atom is 0.161 e. The lowest BCUT2D eigenvalue weighted by molar-refractivity contribution is 0.619. The van der Waals surface area contributed by atoms with Crippen molar-refractivity contribution in [3.05, 3.63) is 58.0 Å². The molecular weight excluding hydrogens is 287 g/mol. The maximum atomic E-state index is 13.7. The summed E-state index contributed by atoms with van der Waals surface area (Å²) >= 11 is 6.28. The quantitative estimate of drug-likeness (QED) is 0.590. The van der Waals surface area contributed by atoms with Crippen molar-refractivity contribution in [1.82, 2.24) is 9.97 Å². The Labute approximate surface area is 127 Å². The highest BCUT2D eigenvalue weighted by Crippen LogP contribution is 2.28. The van der Waals surface area contributed by atoms with Gasteiger partial charge in [0.05, 0.1) is 5.52 Å². The number of rotatable bonds is 1. The molecule has 0 aliphatic carbocycles. The molecule has 0 saturated heterocycles. The average molecular weight is 301 g/mol. The Morgan fingerprint density at radius 3 is 2.43 bits per heavy atom. The predicted octanol–water partition coefficient (Wildman–Crippen LogP) is 5.01. The Hall–Kier alpha value is -2.00. The molecule has 0 unspecified atom stereocenters. The van der Waals surface area contributed by atoms with E-state index in [2.05, 4.69) is 9.97 Å². The molecule has 1 aromatic heterocycles. The van der Waals surface area contributed by atoms with Crippen LogP contribution in [0.3, 0.4) is 0 Å². The molecule has 0 amide bonds. The van der Waals surface area contributed by atoms with Crippen LogP contribution in [0.2, 0.25) is 5.15 Å². The molecule has 3 aromatic rings. The van der Waals surface area contributed by atoms with Gasteiger partial charge in [0, 0.05) is 10.9 Å². The molecule has 4 heteroatoms. The zero-order chi connectivity index (χ0) is 15.1. The first kappa shape index (κ1) is 14.0. The highest BCUT2D eigenvalue weighted by Gasteiger charge is 2.11. The molecule has 0 N–H and O–H groups in total. The summed E-state index contributed by atoms with van der Waals surface area (Å²) in [6, 6.07) is 8.97. The predicted molar refractivity (Wildman–Crippen MR) is 84.2 cm³/mol. The van der Waals surface area contributed by atoms with Crippen LogP contribution < -0.4 is 0 Å². The molecule has 0 aliphatic heterocycles. The van der Waals surface area contributed by atoms with Crippen LogP contribution >= 0.6 is 11.6 Å². The first-order valence-corrected chi connectivity index (χ1v) is 7.04. The van der Waals surface area contributed by atoms with Gasteiger partial charge in [0.25, 0.3) is 0 Å². The third-order valence-corrected chi connectivity index (χ3v) is 3.81. The normalized spacial score (nSPS) is 11.1. The van der Waals surface area contributed by atoms with Crippen molar-refractivity contribution in [2.45, 2.75) is 20.8 Å². The molecular formula is C17H14ClFN2. The largest absolute Gasteiger partial charge is 0.228 e. The van der Waals surface area contributed by atoms with Gasteiger partial charge in [-0.1, -0.05) is 35.4 Å². The number of nitrogens with zero attached hydrogens (tertiary/aromatic N) is 2. The monoisotopic (exact) mass is 300 g/mol. The smallest absolute Gasteiger partial charge is 0.161 e. The van der Waals surface area contributed by atoms with E-state index in [1.807, 2.05) is 26.0 Å². The summed E-state index contributed by atoms with van der Waals surface area (Å²) in [7, 11) is 0. The summed E-state index contributed by atoms with van der Waals surface area (Å²) in [5.74, 6) is 0.173. The SMILES string of the molecule is Cc1cc(C)c2nc(-c3ccc(C)c(F)c3)nc(Cl)c2c1. The van der Waals surface area contributed by atoms with Gasteiger partial charge in [0.2, 0.25) is 0 Å². The molecule has 2 nitrogen and oxygen atoms in total. The first-order valence-electron chi connectivity index (χ1n) is 6.67. The van der Waals surface area contributed by atoms with Crippen LogP contribution in [0.25, 0.3) is 22.3 Å². The average Bonchev–Trinajstić information content (AvgIpc) is 2.43. The van der Waals surface area contributed by atoms with Crippen molar-refractivity contribution >= 4 is 22.5 Å². The van der Waals surface area contributed by atoms with Gasteiger partial charge in [-0.2, -0.15) is 0 Å². The van der Waals surface area contributed by atoms with Crippen molar-refractivity contribution in [1.29, 1.82) is 0 Å². The topological polar surface area (TPSA) is 25.8 Å². The summed E-state index contributed by atoms with van der Waals surface area (Å²) in [5.41, 5.74) is 4.17. The van der Waals surface area contributed by atoms with Crippen molar-refractivity contribution in [3.63, 3.8) is 0 Å². The molecule has 1 heterocycles. The number of benzene rings is 2. The number of fused-ring (bicyclic) bond motifs is 1. The molecule has 0 aliphatic rings. The van der Waals surface area contributed by atoms with E-state index in [4.69, 9.17) is 11.6 Å². The van der Waals surface area contributed by atoms with Gasteiger partial charge in [-0.3, -0.25) is 0 Å². The first-order chi connectivity index (χ1) is 9.95. The fourth-order valence-corrected chi connectivity index (χ4v) is 2.63. The summed E-state index contributed by atoms with van der Waals surface area (Å²) in [4.78, 5) is 8.87. The second kappa shape index (κ2) is 5.08. The minimum atomic E-state index is -0.270. The third-order valence-electron chi connectivity index (χ3n) is 3.52. The number of halogens is 2. The van der Waals surface area contributed by atoms with Gasteiger partial charge < -0.3 is 0 Å². The lowest BCUT2D eigenvalue weighted by Crippen LogP contribution is -1.95. The molecule has 0 bridgehead atoms. The van der Waals surface area contributed by atoms with Crippen LogP contribution in [0.15, 0.2) is 30.3 Å². The second-order valence-corrected chi connectivity index (χ2v) is 5.64. The van der Waals surface area contributed by atoms with Crippen LogP contribution in [0.5, 0.6) is 0 Å². The third kappa shape index (κ3) is 2.49. The van der Waals surface area contributed by atoms with E-state index in [9.17, 15) is 4.39 Å². The van der Waals surface area contributed by atoms with Crippen LogP contribution in [-0.2, 0) is 0 Å². The zero-order valence-electron chi connectivity index (χ0n) is 12.0. The van der Waals surface area contributed by atoms with Crippen LogP contribution in [0, 0.1) is 26.6 Å². The Bertz CT molecular complexity index is 859. The highest BCUT2D eigenvalue weighted by atomic mass is 35.5. The lowest BCUT2D eigenvalue weighted by atomic mass is 10.1. The van der Waals surface area contributed by atoms with Crippen molar-refractivity contribution in [2.75, 3.05) is 0 Å². The van der Waals surface area contributed by atoms with Crippen LogP contribution in [-0.4, -0.2) is 9.97 Å². The number of aromatic nitrogens is 2.